The highest BCUT2D eigenvalue weighted by molar-refractivity contribution is 5.55. The Labute approximate surface area is 265 Å². The van der Waals surface area contributed by atoms with Gasteiger partial charge < -0.3 is 55.0 Å². The molecule has 14 heteroatoms. The normalized spacial score (nSPS) is 17.5. The second-order valence-electron chi connectivity index (χ2n) is 10.6. The first-order valence-electron chi connectivity index (χ1n) is 14.8. The van der Waals surface area contributed by atoms with Crippen molar-refractivity contribution in [2.75, 3.05) is 39.6 Å². The lowest BCUT2D eigenvalue weighted by Gasteiger charge is -2.39. The van der Waals surface area contributed by atoms with Gasteiger partial charge in [-0.1, -0.05) is 35.5 Å². The SMILES string of the molecule is NCCOCCOCCc1cn(CCOC2c3c(O)cc(O)cc3OC(c3cc(O)c(O)c(O)c3)C2OCc2ccccc2)nn1. The van der Waals surface area contributed by atoms with Crippen LogP contribution in [0.3, 0.4) is 0 Å². The number of aromatic hydroxyl groups is 5. The molecule has 5 rings (SSSR count). The van der Waals surface area contributed by atoms with E-state index in [4.69, 9.17) is 29.4 Å². The number of phenolic OH excluding ortho intramolecular Hbond substituents is 5. The van der Waals surface area contributed by atoms with Crippen molar-refractivity contribution in [1.29, 1.82) is 0 Å². The molecule has 3 unspecified atom stereocenters. The zero-order chi connectivity index (χ0) is 32.5. The van der Waals surface area contributed by atoms with Gasteiger partial charge in [0.2, 0.25) is 0 Å². The summed E-state index contributed by atoms with van der Waals surface area (Å²) >= 11 is 0. The lowest BCUT2D eigenvalue weighted by Crippen LogP contribution is -2.38. The molecule has 0 bridgehead atoms. The van der Waals surface area contributed by atoms with Gasteiger partial charge in [0.1, 0.15) is 29.5 Å². The van der Waals surface area contributed by atoms with Crippen molar-refractivity contribution in [3.05, 3.63) is 83.2 Å². The van der Waals surface area contributed by atoms with Crippen LogP contribution in [0.5, 0.6) is 34.5 Å². The fourth-order valence-electron chi connectivity index (χ4n) is 5.09. The first kappa shape index (κ1) is 32.8. The third-order valence-electron chi connectivity index (χ3n) is 7.29. The number of aromatic nitrogens is 3. The highest BCUT2D eigenvalue weighted by Crippen LogP contribution is 2.51. The van der Waals surface area contributed by atoms with E-state index >= 15 is 0 Å². The Kier molecular flexibility index (Phi) is 11.1. The minimum atomic E-state index is -1.00. The van der Waals surface area contributed by atoms with E-state index in [1.807, 2.05) is 30.3 Å². The molecule has 1 aliphatic heterocycles. The number of nitrogens with zero attached hydrogens (tertiary/aromatic N) is 3. The number of fused-ring (bicyclic) bond motifs is 1. The molecule has 0 fully saturated rings. The van der Waals surface area contributed by atoms with E-state index in [0.29, 0.717) is 45.9 Å². The Morgan fingerprint density at radius 3 is 2.30 bits per heavy atom. The van der Waals surface area contributed by atoms with Gasteiger partial charge in [0.15, 0.2) is 23.4 Å². The van der Waals surface area contributed by atoms with Gasteiger partial charge in [0, 0.05) is 36.9 Å². The van der Waals surface area contributed by atoms with Gasteiger partial charge in [-0.3, -0.25) is 0 Å². The Morgan fingerprint density at radius 1 is 0.826 bits per heavy atom. The standard InChI is InChI=1S/C32H38N4O10/c33-7-10-43-13-12-42-9-6-22-18-36(35-34-22)8-11-44-31-28-24(38)16-23(37)17-27(28)46-30(21-14-25(39)29(41)26(40)15-21)32(31)45-19-20-4-2-1-3-5-20/h1-5,14-18,30-32,37-41H,6-13,19,33H2. The minimum Gasteiger partial charge on any atom is -0.508 e. The molecule has 1 aliphatic rings. The van der Waals surface area contributed by atoms with E-state index in [1.54, 1.807) is 10.9 Å². The van der Waals surface area contributed by atoms with Gasteiger partial charge in [0.05, 0.1) is 57.4 Å². The summed E-state index contributed by atoms with van der Waals surface area (Å²) in [6, 6.07) is 14.4. The summed E-state index contributed by atoms with van der Waals surface area (Å²) in [5, 5.41) is 60.1. The number of rotatable bonds is 16. The first-order chi connectivity index (χ1) is 22.3. The summed E-state index contributed by atoms with van der Waals surface area (Å²) < 4.78 is 31.4. The molecule has 2 heterocycles. The fraction of sp³-hybridized carbons (Fsp3) is 0.375. The van der Waals surface area contributed by atoms with Crippen LogP contribution in [0.4, 0.5) is 0 Å². The Balaban J connectivity index is 1.34. The highest BCUT2D eigenvalue weighted by Gasteiger charge is 2.43. The summed E-state index contributed by atoms with van der Waals surface area (Å²) in [6.45, 7) is 2.91. The van der Waals surface area contributed by atoms with E-state index in [-0.39, 0.29) is 41.6 Å². The molecule has 0 amide bonds. The van der Waals surface area contributed by atoms with Crippen LogP contribution in [0, 0.1) is 0 Å². The topological polar surface area (TPSA) is 204 Å². The third-order valence-corrected chi connectivity index (χ3v) is 7.29. The Morgan fingerprint density at radius 2 is 1.57 bits per heavy atom. The van der Waals surface area contributed by atoms with E-state index in [1.165, 1.54) is 24.3 Å². The van der Waals surface area contributed by atoms with E-state index < -0.39 is 35.6 Å². The number of benzene rings is 3. The van der Waals surface area contributed by atoms with Gasteiger partial charge in [-0.2, -0.15) is 0 Å². The molecule has 14 nitrogen and oxygen atoms in total. The zero-order valence-corrected chi connectivity index (χ0v) is 25.1. The zero-order valence-electron chi connectivity index (χ0n) is 25.1. The molecule has 0 saturated carbocycles. The molecule has 7 N–H and O–H groups in total. The van der Waals surface area contributed by atoms with Gasteiger partial charge in [-0.25, -0.2) is 4.68 Å². The lowest BCUT2D eigenvalue weighted by molar-refractivity contribution is -0.140. The van der Waals surface area contributed by atoms with Gasteiger partial charge in [-0.05, 0) is 17.7 Å². The second-order valence-corrected chi connectivity index (χ2v) is 10.6. The third kappa shape index (κ3) is 8.16. The predicted octanol–water partition coefficient (Wildman–Crippen LogP) is 2.82. The molecule has 3 aromatic carbocycles. The van der Waals surface area contributed by atoms with Crippen molar-refractivity contribution in [3.63, 3.8) is 0 Å². The Hall–Kier alpha value is -4.60. The van der Waals surface area contributed by atoms with Gasteiger partial charge in [0.25, 0.3) is 0 Å². The molecule has 246 valence electrons. The minimum absolute atomic E-state index is 0.117. The first-order valence-corrected chi connectivity index (χ1v) is 14.8. The number of hydrogen-bond donors (Lipinski definition) is 6. The van der Waals surface area contributed by atoms with Crippen molar-refractivity contribution in [1.82, 2.24) is 15.0 Å². The quantitative estimate of drug-likeness (QED) is 0.0773. The molecular weight excluding hydrogens is 600 g/mol. The van der Waals surface area contributed by atoms with Crippen LogP contribution in [-0.4, -0.2) is 86.2 Å². The van der Waals surface area contributed by atoms with Crippen LogP contribution in [0.15, 0.2) is 60.8 Å². The average Bonchev–Trinajstić information content (AvgIpc) is 3.49. The average molecular weight is 639 g/mol. The summed E-state index contributed by atoms with van der Waals surface area (Å²) in [5.41, 5.74) is 7.52. The van der Waals surface area contributed by atoms with Crippen LogP contribution in [0.25, 0.3) is 0 Å². The number of phenols is 5. The second kappa shape index (κ2) is 15.6. The lowest BCUT2D eigenvalue weighted by atomic mass is 9.90. The maximum absolute atomic E-state index is 10.9. The summed E-state index contributed by atoms with van der Waals surface area (Å²) in [4.78, 5) is 0. The molecule has 0 radical (unpaired) electrons. The van der Waals surface area contributed by atoms with Crippen LogP contribution in [0.2, 0.25) is 0 Å². The number of nitrogens with two attached hydrogens (primary N) is 1. The molecule has 1 aromatic heterocycles. The summed E-state index contributed by atoms with van der Waals surface area (Å²) in [7, 11) is 0. The van der Waals surface area contributed by atoms with Crippen LogP contribution >= 0.6 is 0 Å². The molecule has 3 atom stereocenters. The fourth-order valence-corrected chi connectivity index (χ4v) is 5.09. The van der Waals surface area contributed by atoms with E-state index in [9.17, 15) is 25.5 Å². The monoisotopic (exact) mass is 638 g/mol. The molecular formula is C32H38N4O10. The summed E-state index contributed by atoms with van der Waals surface area (Å²) in [5.74, 6) is -2.18. The van der Waals surface area contributed by atoms with Crippen molar-refractivity contribution in [2.45, 2.75) is 37.9 Å². The smallest absolute Gasteiger partial charge is 0.200 e. The maximum atomic E-state index is 10.9. The maximum Gasteiger partial charge on any atom is 0.200 e. The summed E-state index contributed by atoms with van der Waals surface area (Å²) in [6.07, 6.45) is -0.512. The molecule has 0 saturated heterocycles. The molecule has 4 aromatic rings. The van der Waals surface area contributed by atoms with E-state index in [2.05, 4.69) is 10.3 Å². The van der Waals surface area contributed by atoms with E-state index in [0.717, 1.165) is 11.3 Å². The van der Waals surface area contributed by atoms with Crippen LogP contribution < -0.4 is 10.5 Å². The highest BCUT2D eigenvalue weighted by atomic mass is 16.6. The largest absolute Gasteiger partial charge is 0.508 e. The van der Waals surface area contributed by atoms with Gasteiger partial charge >= 0.3 is 0 Å². The number of ether oxygens (including phenoxy) is 5. The predicted molar refractivity (Wildman–Crippen MR) is 163 cm³/mol. The molecule has 0 aliphatic carbocycles. The van der Waals surface area contributed by atoms with Crippen molar-refractivity contribution >= 4 is 0 Å². The molecule has 46 heavy (non-hydrogen) atoms. The molecule has 0 spiro atoms. The number of hydrogen-bond acceptors (Lipinski definition) is 13. The van der Waals surface area contributed by atoms with Crippen molar-refractivity contribution in [2.24, 2.45) is 5.73 Å². The van der Waals surface area contributed by atoms with Crippen molar-refractivity contribution < 1.29 is 49.2 Å². The Bertz CT molecular complexity index is 1550. The van der Waals surface area contributed by atoms with Gasteiger partial charge in [-0.15, -0.1) is 5.10 Å². The van der Waals surface area contributed by atoms with Crippen LogP contribution in [-0.2, 0) is 38.5 Å². The van der Waals surface area contributed by atoms with Crippen LogP contribution in [0.1, 0.15) is 34.6 Å². The van der Waals surface area contributed by atoms with Crippen molar-refractivity contribution in [3.8, 4) is 34.5 Å².